The lowest BCUT2D eigenvalue weighted by Gasteiger charge is -1.96. The highest BCUT2D eigenvalue weighted by atomic mass is 16.5. The molecule has 0 radical (unpaired) electrons. The summed E-state index contributed by atoms with van der Waals surface area (Å²) < 4.78 is 16.5. The number of hydrogen-bond donors (Lipinski definition) is 3. The van der Waals surface area contributed by atoms with Crippen molar-refractivity contribution in [1.82, 2.24) is 5.32 Å². The van der Waals surface area contributed by atoms with Crippen molar-refractivity contribution in [1.29, 1.82) is 0 Å². The number of carbonyl (C=O) groups is 6. The van der Waals surface area contributed by atoms with Crippen LogP contribution in [0, 0.1) is 0 Å². The lowest BCUT2D eigenvalue weighted by Crippen LogP contribution is -2.28. The highest BCUT2D eigenvalue weighted by molar-refractivity contribution is 5.90. The van der Waals surface area contributed by atoms with Crippen molar-refractivity contribution in [2.24, 2.45) is 0 Å². The summed E-state index contributed by atoms with van der Waals surface area (Å²) in [5, 5.41) is 17.9. The maximum Gasteiger partial charge on any atom is 0.407 e. The molecule has 0 spiro atoms. The van der Waals surface area contributed by atoms with Crippen LogP contribution in [-0.2, 0) is 42.9 Å². The molecule has 0 fully saturated rings. The summed E-state index contributed by atoms with van der Waals surface area (Å²) in [4.78, 5) is 59.6. The molecule has 0 bridgehead atoms. The van der Waals surface area contributed by atoms with Crippen LogP contribution in [0.25, 0.3) is 0 Å². The normalized spacial score (nSPS) is 6.47. The van der Waals surface area contributed by atoms with Gasteiger partial charge in [-0.25, -0.2) is 14.4 Å². The number of aliphatic carboxylic acids is 2. The molecule has 0 saturated heterocycles. The average molecular weight is 534 g/mol. The Bertz CT molecular complexity index is 602. The summed E-state index contributed by atoms with van der Waals surface area (Å²) in [6.07, 6.45) is -0.186. The molecule has 0 saturated carbocycles. The lowest BCUT2D eigenvalue weighted by atomic mass is 10.4. The number of alkyl carbamates (subject to hydrolysis) is 1. The second-order valence-electron chi connectivity index (χ2n) is 4.38. The van der Waals surface area contributed by atoms with Crippen molar-refractivity contribution in [2.45, 2.75) is 57.9 Å². The number of rotatable bonds is 6. The minimum atomic E-state index is -1.17. The summed E-state index contributed by atoms with van der Waals surface area (Å²) >= 11 is 0. The van der Waals surface area contributed by atoms with Crippen molar-refractivity contribution >= 4 is 35.9 Å². The van der Waals surface area contributed by atoms with E-state index >= 15 is 0 Å². The van der Waals surface area contributed by atoms with Crippen LogP contribution in [0.1, 0.15) is 57.9 Å². The van der Waals surface area contributed by atoms with Gasteiger partial charge in [-0.15, -0.1) is 0 Å². The van der Waals surface area contributed by atoms with Gasteiger partial charge in [0.2, 0.25) is 0 Å². The van der Waals surface area contributed by atoms with E-state index < -0.39 is 42.9 Å². The Labute approximate surface area is 217 Å². The quantitative estimate of drug-likeness (QED) is 0.193. The van der Waals surface area contributed by atoms with Crippen molar-refractivity contribution in [3.05, 3.63) is 24.8 Å². The number of carboxylic acid groups (broad SMARTS) is 2. The zero-order valence-corrected chi connectivity index (χ0v) is 17.4. The minimum absolute atomic E-state index is 0. The van der Waals surface area contributed by atoms with E-state index in [4.69, 9.17) is 10.2 Å². The smallest absolute Gasteiger partial charge is 0.407 e. The summed E-state index contributed by atoms with van der Waals surface area (Å²) in [5.74, 6) is -3.73. The molecule has 0 aromatic heterocycles. The van der Waals surface area contributed by atoms with Crippen LogP contribution in [0.15, 0.2) is 24.8 Å². The Kier molecular flexibility index (Phi) is 79.0. The maximum absolute atomic E-state index is 10.2. The van der Waals surface area contributed by atoms with Crippen LogP contribution in [0.4, 0.5) is 4.79 Å². The Balaban J connectivity index is -0.0000000299. The highest BCUT2D eigenvalue weighted by Gasteiger charge is 2.04. The molecule has 0 aliphatic carbocycles. The third-order valence-electron chi connectivity index (χ3n) is 1.99. The maximum atomic E-state index is 10.2. The molecule has 0 heterocycles. The zero-order chi connectivity index (χ0) is 24.7. The predicted molar refractivity (Wildman–Crippen MR) is 142 cm³/mol. The van der Waals surface area contributed by atoms with Gasteiger partial charge in [-0.05, 0) is 6.92 Å². The summed E-state index contributed by atoms with van der Waals surface area (Å²) in [6.45, 7) is 7.70. The number of hydrogen-bond acceptors (Lipinski definition) is 10. The standard InChI is InChI=1S/C5H8O2.C4H7NO4.C4H6O4.C4H6O2.6CH4/c1-4(2)5(6)7-3;1-9-4(8)5-2-3(6)7;1-8-4(7)2-3(5)6;1-3-4(5)6-2;;;;;;/h1H2,2-3H3;2H2,1H3,(H,5,8)(H,6,7);2H2,1H3,(H,5,6);3H,1H2,2H3;6*1H4. The average Bonchev–Trinajstić information content (AvgIpc) is 2.71. The largest absolute Gasteiger partial charge is 0.481 e. The molecular weight excluding hydrogens is 482 g/mol. The van der Waals surface area contributed by atoms with Gasteiger partial charge in [-0.2, -0.15) is 0 Å². The van der Waals surface area contributed by atoms with E-state index in [0.29, 0.717) is 5.57 Å². The molecule has 0 aliphatic rings. The molecule has 0 unspecified atom stereocenters. The Morgan fingerprint density at radius 1 is 0.750 bits per heavy atom. The third-order valence-corrected chi connectivity index (χ3v) is 1.99. The van der Waals surface area contributed by atoms with Gasteiger partial charge in [0.15, 0.2) is 0 Å². The second kappa shape index (κ2) is 44.7. The zero-order valence-electron chi connectivity index (χ0n) is 17.4. The molecule has 0 aromatic carbocycles. The molecule has 0 rings (SSSR count). The fourth-order valence-corrected chi connectivity index (χ4v) is 0.673. The number of nitrogens with one attached hydrogen (secondary N) is 1. The van der Waals surface area contributed by atoms with Crippen LogP contribution in [0.5, 0.6) is 0 Å². The van der Waals surface area contributed by atoms with Gasteiger partial charge in [-0.1, -0.05) is 57.7 Å². The third kappa shape index (κ3) is 69.9. The van der Waals surface area contributed by atoms with Crippen LogP contribution in [0.2, 0.25) is 0 Å². The fourth-order valence-electron chi connectivity index (χ4n) is 0.673. The Morgan fingerprint density at radius 3 is 1.28 bits per heavy atom. The first-order valence-electron chi connectivity index (χ1n) is 7.59. The van der Waals surface area contributed by atoms with E-state index in [-0.39, 0.29) is 50.5 Å². The number of esters is 3. The van der Waals surface area contributed by atoms with E-state index in [9.17, 15) is 28.8 Å². The van der Waals surface area contributed by atoms with Crippen molar-refractivity contribution in [3.8, 4) is 0 Å². The number of carboxylic acids is 2. The first-order valence-corrected chi connectivity index (χ1v) is 7.59. The number of methoxy groups -OCH3 is 4. The Hall–Kier alpha value is -3.90. The summed E-state index contributed by atoms with van der Waals surface area (Å²) in [5.41, 5.74) is 0.433. The van der Waals surface area contributed by atoms with Crippen molar-refractivity contribution in [3.63, 3.8) is 0 Å². The molecule has 3 N–H and O–H groups in total. The molecule has 220 valence electrons. The van der Waals surface area contributed by atoms with Crippen molar-refractivity contribution < 1.29 is 57.9 Å². The van der Waals surface area contributed by atoms with Crippen LogP contribution >= 0.6 is 0 Å². The second-order valence-corrected chi connectivity index (χ2v) is 4.38. The first kappa shape index (κ1) is 63.6. The SMILES string of the molecule is C.C.C.C.C.C.C=C(C)C(=O)OC.C=CC(=O)OC.COC(=O)CC(=O)O.COC(=O)NCC(=O)O. The van der Waals surface area contributed by atoms with Gasteiger partial charge in [-0.3, -0.25) is 14.4 Å². The van der Waals surface area contributed by atoms with E-state index in [0.717, 1.165) is 20.3 Å². The molecule has 0 aliphatic heterocycles. The highest BCUT2D eigenvalue weighted by Crippen LogP contribution is 1.87. The lowest BCUT2D eigenvalue weighted by molar-refractivity contribution is -0.149. The van der Waals surface area contributed by atoms with Crippen molar-refractivity contribution in [2.75, 3.05) is 35.0 Å². The predicted octanol–water partition coefficient (Wildman–Crippen LogP) is 3.96. The minimum Gasteiger partial charge on any atom is -0.481 e. The van der Waals surface area contributed by atoms with Crippen LogP contribution < -0.4 is 5.32 Å². The monoisotopic (exact) mass is 533 g/mol. The van der Waals surface area contributed by atoms with Gasteiger partial charge in [0.1, 0.15) is 13.0 Å². The topological polar surface area (TPSA) is 192 Å². The molecule has 36 heavy (non-hydrogen) atoms. The molecule has 13 heteroatoms. The van der Waals surface area contributed by atoms with Crippen LogP contribution in [-0.4, -0.2) is 81.1 Å². The van der Waals surface area contributed by atoms with E-state index in [1.165, 1.54) is 14.2 Å². The Morgan fingerprint density at radius 2 is 1.17 bits per heavy atom. The number of ether oxygens (including phenoxy) is 4. The summed E-state index contributed by atoms with van der Waals surface area (Å²) in [7, 11) is 4.95. The van der Waals surface area contributed by atoms with Gasteiger partial charge in [0, 0.05) is 11.6 Å². The fraction of sp³-hybridized carbons (Fsp3) is 0.565. The summed E-state index contributed by atoms with van der Waals surface area (Å²) in [6, 6.07) is 0. The van der Waals surface area contributed by atoms with E-state index in [1.54, 1.807) is 6.92 Å². The van der Waals surface area contributed by atoms with E-state index in [1.807, 2.05) is 5.32 Å². The molecule has 1 amide bonds. The van der Waals surface area contributed by atoms with Gasteiger partial charge in [0.25, 0.3) is 0 Å². The molecule has 0 aromatic rings. The van der Waals surface area contributed by atoms with E-state index in [2.05, 4.69) is 32.1 Å². The first-order chi connectivity index (χ1) is 13.8. The number of carbonyl (C=O) groups excluding carboxylic acids is 4. The molecule has 0 atom stereocenters. The molecular formula is C23H51NO12. The van der Waals surface area contributed by atoms with Crippen LogP contribution in [0.3, 0.4) is 0 Å². The van der Waals surface area contributed by atoms with Gasteiger partial charge >= 0.3 is 35.9 Å². The number of amides is 1. The van der Waals surface area contributed by atoms with Gasteiger partial charge < -0.3 is 34.5 Å². The van der Waals surface area contributed by atoms with Gasteiger partial charge in [0.05, 0.1) is 28.4 Å². The molecule has 13 nitrogen and oxygen atoms in total.